The molecule has 0 aliphatic carbocycles. The highest BCUT2D eigenvalue weighted by molar-refractivity contribution is 5.99. The molecule has 2 aliphatic heterocycles. The molecule has 0 saturated carbocycles. The van der Waals surface area contributed by atoms with Crippen molar-refractivity contribution in [1.82, 2.24) is 39.4 Å². The Hall–Kier alpha value is -4.59. The van der Waals surface area contributed by atoms with Gasteiger partial charge in [0.05, 0.1) is 31.6 Å². The standard InChI is InChI=1S/C34H42N10O3/c1-2-9-41-11-13-42(14-12-41)15-17-46-16-8-29(45)43-10-7-24-18-23(3-4-26(24)21-43)20-44-33-30(32(35)37-22-38-33)31(40-44)25-5-6-28-27(19-25)39-34(36)47-28/h3-6,18-19,22H,2,7-17,20-21H2,1H3,(H2,36,39)(H2,35,37,38). The largest absolute Gasteiger partial charge is 0.424 e. The van der Waals surface area contributed by atoms with E-state index in [-0.39, 0.29) is 11.9 Å². The van der Waals surface area contributed by atoms with E-state index in [0.29, 0.717) is 72.9 Å². The highest BCUT2D eigenvalue weighted by Crippen LogP contribution is 2.33. The zero-order valence-corrected chi connectivity index (χ0v) is 26.9. The first-order valence-electron chi connectivity index (χ1n) is 16.5. The third-order valence-corrected chi connectivity index (χ3v) is 9.22. The molecule has 47 heavy (non-hydrogen) atoms. The number of amides is 1. The number of carbonyl (C=O) groups is 1. The van der Waals surface area contributed by atoms with Gasteiger partial charge in [-0.15, -0.1) is 0 Å². The zero-order chi connectivity index (χ0) is 32.3. The van der Waals surface area contributed by atoms with Crippen LogP contribution in [0.3, 0.4) is 0 Å². The minimum Gasteiger partial charge on any atom is -0.424 e. The summed E-state index contributed by atoms with van der Waals surface area (Å²) in [7, 11) is 0. The van der Waals surface area contributed by atoms with Crippen LogP contribution in [0.15, 0.2) is 47.1 Å². The average molecular weight is 639 g/mol. The molecule has 13 nitrogen and oxygen atoms in total. The van der Waals surface area contributed by atoms with Gasteiger partial charge in [0.15, 0.2) is 11.2 Å². The number of nitrogens with two attached hydrogens (primary N) is 2. The molecule has 2 aliphatic rings. The SMILES string of the molecule is CCCN1CCN(CCOCCC(=O)N2CCc3cc(Cn4nc(-c5ccc6oc(N)nc6c5)c5c(N)ncnc54)ccc3C2)CC1. The predicted molar refractivity (Wildman–Crippen MR) is 180 cm³/mol. The van der Waals surface area contributed by atoms with Crippen molar-refractivity contribution < 1.29 is 13.9 Å². The van der Waals surface area contributed by atoms with Crippen LogP contribution in [-0.2, 0) is 29.0 Å². The number of oxazole rings is 1. The minimum atomic E-state index is 0.113. The highest BCUT2D eigenvalue weighted by Gasteiger charge is 2.23. The van der Waals surface area contributed by atoms with Gasteiger partial charge in [0.25, 0.3) is 6.01 Å². The Morgan fingerprint density at radius 3 is 2.62 bits per heavy atom. The molecule has 0 spiro atoms. The van der Waals surface area contributed by atoms with Crippen LogP contribution in [0, 0.1) is 0 Å². The smallest absolute Gasteiger partial charge is 0.292 e. The van der Waals surface area contributed by atoms with Gasteiger partial charge in [0.1, 0.15) is 23.4 Å². The van der Waals surface area contributed by atoms with Crippen LogP contribution < -0.4 is 11.5 Å². The molecule has 0 unspecified atom stereocenters. The molecule has 1 fully saturated rings. The number of hydrogen-bond donors (Lipinski definition) is 2. The molecule has 5 aromatic rings. The maximum Gasteiger partial charge on any atom is 0.292 e. The molecular weight excluding hydrogens is 596 g/mol. The molecule has 0 atom stereocenters. The molecule has 3 aromatic heterocycles. The van der Waals surface area contributed by atoms with Crippen LogP contribution in [0.25, 0.3) is 33.4 Å². The predicted octanol–water partition coefficient (Wildman–Crippen LogP) is 3.17. The van der Waals surface area contributed by atoms with Crippen molar-refractivity contribution in [2.45, 2.75) is 39.3 Å². The lowest BCUT2D eigenvalue weighted by Crippen LogP contribution is -2.47. The fourth-order valence-corrected chi connectivity index (χ4v) is 6.69. The minimum absolute atomic E-state index is 0.113. The number of ether oxygens (including phenoxy) is 1. The van der Waals surface area contributed by atoms with Crippen LogP contribution in [0.4, 0.5) is 11.8 Å². The third kappa shape index (κ3) is 6.78. The molecule has 7 rings (SSSR count). The highest BCUT2D eigenvalue weighted by atomic mass is 16.5. The topological polar surface area (TPSA) is 158 Å². The maximum absolute atomic E-state index is 13.0. The summed E-state index contributed by atoms with van der Waals surface area (Å²) in [5.74, 6) is 0.504. The van der Waals surface area contributed by atoms with Crippen LogP contribution in [0.5, 0.6) is 0 Å². The van der Waals surface area contributed by atoms with Crippen LogP contribution in [0.2, 0.25) is 0 Å². The number of anilines is 2. The van der Waals surface area contributed by atoms with Crippen LogP contribution in [0.1, 0.15) is 36.5 Å². The van der Waals surface area contributed by atoms with Gasteiger partial charge in [-0.3, -0.25) is 9.69 Å². The second kappa shape index (κ2) is 13.6. The summed E-state index contributed by atoms with van der Waals surface area (Å²) in [4.78, 5) is 33.0. The van der Waals surface area contributed by atoms with Crippen molar-refractivity contribution in [3.8, 4) is 11.3 Å². The summed E-state index contributed by atoms with van der Waals surface area (Å²) in [5.41, 5.74) is 19.0. The molecule has 2 aromatic carbocycles. The van der Waals surface area contributed by atoms with Gasteiger partial charge in [0.2, 0.25) is 5.91 Å². The van der Waals surface area contributed by atoms with E-state index in [0.717, 1.165) is 50.3 Å². The summed E-state index contributed by atoms with van der Waals surface area (Å²) >= 11 is 0. The summed E-state index contributed by atoms with van der Waals surface area (Å²) in [5, 5.41) is 5.61. The van der Waals surface area contributed by atoms with E-state index >= 15 is 0 Å². The normalized spacial score (nSPS) is 15.9. The fraction of sp³-hybridized carbons (Fsp3) is 0.441. The van der Waals surface area contributed by atoms with Crippen LogP contribution in [-0.4, -0.2) is 104 Å². The Bertz CT molecular complexity index is 1880. The molecule has 0 radical (unpaired) electrons. The lowest BCUT2D eigenvalue weighted by Gasteiger charge is -2.34. The molecule has 0 bridgehead atoms. The van der Waals surface area contributed by atoms with E-state index in [4.69, 9.17) is 25.7 Å². The lowest BCUT2D eigenvalue weighted by molar-refractivity contribution is -0.133. The molecule has 5 heterocycles. The van der Waals surface area contributed by atoms with Gasteiger partial charge in [-0.05, 0) is 54.3 Å². The number of nitrogens with zero attached hydrogens (tertiary/aromatic N) is 8. The van der Waals surface area contributed by atoms with Gasteiger partial charge >= 0.3 is 0 Å². The number of carbonyl (C=O) groups excluding carboxylic acids is 1. The lowest BCUT2D eigenvalue weighted by atomic mass is 9.97. The molecular formula is C34H42N10O3. The Morgan fingerprint density at radius 1 is 0.957 bits per heavy atom. The second-order valence-electron chi connectivity index (χ2n) is 12.4. The van der Waals surface area contributed by atoms with Crippen molar-refractivity contribution in [3.63, 3.8) is 0 Å². The van der Waals surface area contributed by atoms with Gasteiger partial charge in [-0.2, -0.15) is 10.1 Å². The molecule has 4 N–H and O–H groups in total. The molecule has 13 heteroatoms. The van der Waals surface area contributed by atoms with Gasteiger partial charge in [0, 0.05) is 51.4 Å². The molecule has 246 valence electrons. The first kappa shape index (κ1) is 31.0. The fourth-order valence-electron chi connectivity index (χ4n) is 6.69. The summed E-state index contributed by atoms with van der Waals surface area (Å²) in [6.45, 7) is 11.8. The zero-order valence-electron chi connectivity index (χ0n) is 26.9. The first-order valence-corrected chi connectivity index (χ1v) is 16.5. The summed E-state index contributed by atoms with van der Waals surface area (Å²) in [6.07, 6.45) is 3.88. The third-order valence-electron chi connectivity index (χ3n) is 9.22. The quantitative estimate of drug-likeness (QED) is 0.205. The number of piperazine rings is 1. The van der Waals surface area contributed by atoms with Crippen molar-refractivity contribution in [2.24, 2.45) is 0 Å². The Morgan fingerprint density at radius 2 is 1.79 bits per heavy atom. The number of benzene rings is 2. The second-order valence-corrected chi connectivity index (χ2v) is 12.4. The molecule has 1 amide bonds. The van der Waals surface area contributed by atoms with Gasteiger partial charge in [-0.25, -0.2) is 14.6 Å². The summed E-state index contributed by atoms with van der Waals surface area (Å²) in [6, 6.07) is 12.1. The van der Waals surface area contributed by atoms with E-state index in [2.05, 4.69) is 49.9 Å². The molecule has 1 saturated heterocycles. The monoisotopic (exact) mass is 638 g/mol. The van der Waals surface area contributed by atoms with Crippen molar-refractivity contribution in [3.05, 3.63) is 59.4 Å². The van der Waals surface area contributed by atoms with Crippen molar-refractivity contribution in [1.29, 1.82) is 0 Å². The summed E-state index contributed by atoms with van der Waals surface area (Å²) < 4.78 is 13.2. The van der Waals surface area contributed by atoms with Gasteiger partial charge < -0.3 is 30.4 Å². The Kier molecular flexibility index (Phi) is 9.01. The van der Waals surface area contributed by atoms with E-state index in [9.17, 15) is 4.79 Å². The Balaban J connectivity index is 0.957. The van der Waals surface area contributed by atoms with Crippen LogP contribution >= 0.6 is 0 Å². The maximum atomic E-state index is 13.0. The average Bonchev–Trinajstić information content (AvgIpc) is 3.64. The van der Waals surface area contributed by atoms with E-state index < -0.39 is 0 Å². The van der Waals surface area contributed by atoms with Gasteiger partial charge in [-0.1, -0.05) is 25.1 Å². The number of nitrogen functional groups attached to an aromatic ring is 2. The number of hydrogen-bond acceptors (Lipinski definition) is 11. The van der Waals surface area contributed by atoms with E-state index in [1.54, 1.807) is 0 Å². The van der Waals surface area contributed by atoms with E-state index in [1.807, 2.05) is 27.8 Å². The number of rotatable bonds is 11. The Labute approximate surface area is 273 Å². The van der Waals surface area contributed by atoms with E-state index in [1.165, 1.54) is 30.4 Å². The van der Waals surface area contributed by atoms with Crippen molar-refractivity contribution in [2.75, 3.05) is 70.5 Å². The van der Waals surface area contributed by atoms with Crippen molar-refractivity contribution >= 4 is 39.9 Å². The first-order chi connectivity index (χ1) is 22.9. The number of aromatic nitrogens is 5. The number of fused-ring (bicyclic) bond motifs is 3.